The number of ether oxygens (including phenoxy) is 1. The van der Waals surface area contributed by atoms with Crippen molar-refractivity contribution in [3.05, 3.63) is 76.8 Å². The molecule has 0 bridgehead atoms. The van der Waals surface area contributed by atoms with E-state index in [0.29, 0.717) is 16.3 Å². The predicted octanol–water partition coefficient (Wildman–Crippen LogP) is 5.85. The number of aryl methyl sites for hydroxylation is 1. The number of alkyl halides is 2. The lowest BCUT2D eigenvalue weighted by Crippen LogP contribution is -2.51. The summed E-state index contributed by atoms with van der Waals surface area (Å²) < 4.78 is 36.5. The minimum Gasteiger partial charge on any atom is -0.489 e. The van der Waals surface area contributed by atoms with Gasteiger partial charge in [-0.15, -0.1) is 0 Å². The number of aliphatic hydroxyl groups excluding tert-OH is 1. The van der Waals surface area contributed by atoms with E-state index in [1.165, 1.54) is 0 Å². The van der Waals surface area contributed by atoms with E-state index in [4.69, 9.17) is 16.3 Å². The van der Waals surface area contributed by atoms with Crippen molar-refractivity contribution in [2.24, 2.45) is 0 Å². The minimum absolute atomic E-state index is 0.0545. The van der Waals surface area contributed by atoms with E-state index >= 15 is 8.78 Å². The number of carbonyl (C=O) groups excluding carboxylic acids is 1. The summed E-state index contributed by atoms with van der Waals surface area (Å²) in [5.41, 5.74) is 1.19. The molecule has 5 rings (SSSR count). The summed E-state index contributed by atoms with van der Waals surface area (Å²) in [4.78, 5) is 17.3. The standard InChI is InChI=1S/C33H40ClF2N3O3/c1-38-18-13-27(14-19-38)42-30-11-10-26(21-28(30)34)31(40)29(22-39-16-4-5-17-39)37-32(41)33(35,36)15-12-23-8-9-24-6-2-3-7-25(24)20-23/h2-3,6-11,20-21,27,29,31,40H,4-5,12-19,22H2,1H3,(H,37,41)/t29-,31-/m1/s1. The van der Waals surface area contributed by atoms with Crippen molar-refractivity contribution in [1.82, 2.24) is 15.1 Å². The van der Waals surface area contributed by atoms with Crippen molar-refractivity contribution >= 4 is 28.3 Å². The smallest absolute Gasteiger partial charge is 0.324 e. The van der Waals surface area contributed by atoms with Crippen LogP contribution in [0.2, 0.25) is 5.02 Å². The second-order valence-corrected chi connectivity index (χ2v) is 12.1. The monoisotopic (exact) mass is 599 g/mol. The Kier molecular flexibility index (Phi) is 9.99. The Morgan fingerprint density at radius 1 is 1.05 bits per heavy atom. The molecule has 3 aromatic carbocycles. The number of likely N-dealkylation sites (tertiary alicyclic amines) is 2. The molecule has 226 valence electrons. The van der Waals surface area contributed by atoms with Gasteiger partial charge in [-0.05, 0) is 86.3 Å². The third kappa shape index (κ3) is 7.78. The number of nitrogens with one attached hydrogen (secondary N) is 1. The number of benzene rings is 3. The number of rotatable bonds is 11. The summed E-state index contributed by atoms with van der Waals surface area (Å²) in [6.45, 7) is 3.75. The van der Waals surface area contributed by atoms with Crippen LogP contribution in [0.1, 0.15) is 49.3 Å². The molecule has 2 aliphatic rings. The summed E-state index contributed by atoms with van der Waals surface area (Å²) in [6, 6.07) is 17.4. The number of aliphatic hydroxyl groups is 1. The summed E-state index contributed by atoms with van der Waals surface area (Å²) in [5, 5.41) is 16.2. The zero-order valence-electron chi connectivity index (χ0n) is 24.1. The number of nitrogens with zero attached hydrogens (tertiary/aromatic N) is 2. The van der Waals surface area contributed by atoms with Crippen molar-refractivity contribution in [1.29, 1.82) is 0 Å². The van der Waals surface area contributed by atoms with Gasteiger partial charge >= 0.3 is 5.92 Å². The van der Waals surface area contributed by atoms with E-state index in [1.807, 2.05) is 42.5 Å². The molecule has 3 aromatic rings. The molecule has 0 saturated carbocycles. The fourth-order valence-electron chi connectivity index (χ4n) is 5.86. The highest BCUT2D eigenvalue weighted by Crippen LogP contribution is 2.32. The fraction of sp³-hybridized carbons (Fsp3) is 0.485. The summed E-state index contributed by atoms with van der Waals surface area (Å²) >= 11 is 6.55. The first-order chi connectivity index (χ1) is 20.2. The van der Waals surface area contributed by atoms with Crippen molar-refractivity contribution in [3.8, 4) is 5.75 Å². The van der Waals surface area contributed by atoms with Gasteiger partial charge in [-0.2, -0.15) is 8.78 Å². The predicted molar refractivity (Wildman–Crippen MR) is 162 cm³/mol. The second kappa shape index (κ2) is 13.7. The number of piperidine rings is 1. The molecule has 2 heterocycles. The Labute approximate surface area is 251 Å². The molecule has 2 N–H and O–H groups in total. The highest BCUT2D eigenvalue weighted by Gasteiger charge is 2.41. The molecule has 2 fully saturated rings. The van der Waals surface area contributed by atoms with E-state index in [-0.39, 0.29) is 19.1 Å². The van der Waals surface area contributed by atoms with Crippen LogP contribution in [0.25, 0.3) is 10.8 Å². The van der Waals surface area contributed by atoms with Gasteiger partial charge in [-0.1, -0.05) is 60.1 Å². The van der Waals surface area contributed by atoms with Gasteiger partial charge in [0.05, 0.1) is 11.1 Å². The van der Waals surface area contributed by atoms with E-state index in [1.54, 1.807) is 18.2 Å². The SMILES string of the molecule is CN1CCC(Oc2ccc([C@@H](O)[C@@H](CN3CCCC3)NC(=O)C(F)(F)CCc3ccc4ccccc4c3)cc2Cl)CC1. The maximum absolute atomic E-state index is 15.2. The van der Waals surface area contributed by atoms with Crippen molar-refractivity contribution in [2.45, 2.75) is 62.7 Å². The normalized spacial score (nSPS) is 18.7. The highest BCUT2D eigenvalue weighted by molar-refractivity contribution is 6.32. The summed E-state index contributed by atoms with van der Waals surface area (Å²) in [5.74, 6) is -4.44. The number of hydrogen-bond donors (Lipinski definition) is 2. The molecule has 2 atom stereocenters. The molecule has 1 amide bonds. The molecule has 0 spiro atoms. The van der Waals surface area contributed by atoms with Gasteiger partial charge in [0.15, 0.2) is 0 Å². The highest BCUT2D eigenvalue weighted by atomic mass is 35.5. The lowest BCUT2D eigenvalue weighted by molar-refractivity contribution is -0.148. The molecule has 2 aliphatic heterocycles. The van der Waals surface area contributed by atoms with E-state index in [9.17, 15) is 9.90 Å². The van der Waals surface area contributed by atoms with Crippen LogP contribution in [0.3, 0.4) is 0 Å². The average Bonchev–Trinajstić information content (AvgIpc) is 3.50. The Balaban J connectivity index is 1.25. The van der Waals surface area contributed by atoms with Crippen molar-refractivity contribution in [2.75, 3.05) is 39.8 Å². The zero-order chi connectivity index (χ0) is 29.7. The molecule has 6 nitrogen and oxygen atoms in total. The molecule has 0 unspecified atom stereocenters. The molecule has 42 heavy (non-hydrogen) atoms. The van der Waals surface area contributed by atoms with Gasteiger partial charge in [-0.3, -0.25) is 4.79 Å². The number of halogens is 3. The summed E-state index contributed by atoms with van der Waals surface area (Å²) in [6.07, 6.45) is 2.06. The quantitative estimate of drug-likeness (QED) is 0.290. The zero-order valence-corrected chi connectivity index (χ0v) is 24.8. The third-order valence-electron chi connectivity index (χ3n) is 8.48. The van der Waals surface area contributed by atoms with Crippen LogP contribution in [0, 0.1) is 0 Å². The van der Waals surface area contributed by atoms with E-state index in [0.717, 1.165) is 68.2 Å². The van der Waals surface area contributed by atoms with Crippen LogP contribution in [0.5, 0.6) is 5.75 Å². The Bertz CT molecular complexity index is 1360. The first kappa shape index (κ1) is 30.7. The van der Waals surface area contributed by atoms with Gasteiger partial charge in [0.25, 0.3) is 5.91 Å². The second-order valence-electron chi connectivity index (χ2n) is 11.7. The molecule has 0 radical (unpaired) electrons. The largest absolute Gasteiger partial charge is 0.489 e. The van der Waals surface area contributed by atoms with Crippen LogP contribution in [-0.4, -0.2) is 78.7 Å². The van der Waals surface area contributed by atoms with Gasteiger partial charge in [0.2, 0.25) is 0 Å². The van der Waals surface area contributed by atoms with E-state index in [2.05, 4.69) is 22.2 Å². The topological polar surface area (TPSA) is 65.0 Å². The first-order valence-corrected chi connectivity index (χ1v) is 15.3. The maximum atomic E-state index is 15.2. The van der Waals surface area contributed by atoms with Crippen LogP contribution in [0.4, 0.5) is 8.78 Å². The van der Waals surface area contributed by atoms with Gasteiger partial charge in [0, 0.05) is 26.1 Å². The Morgan fingerprint density at radius 2 is 1.76 bits per heavy atom. The van der Waals surface area contributed by atoms with Crippen LogP contribution in [-0.2, 0) is 11.2 Å². The third-order valence-corrected chi connectivity index (χ3v) is 8.78. The van der Waals surface area contributed by atoms with Gasteiger partial charge < -0.3 is 25.0 Å². The molecule has 2 saturated heterocycles. The lowest BCUT2D eigenvalue weighted by atomic mass is 9.99. The van der Waals surface area contributed by atoms with Gasteiger partial charge in [-0.25, -0.2) is 0 Å². The maximum Gasteiger partial charge on any atom is 0.324 e. The van der Waals surface area contributed by atoms with Crippen molar-refractivity contribution in [3.63, 3.8) is 0 Å². The number of amides is 1. The molecule has 0 aromatic heterocycles. The lowest BCUT2D eigenvalue weighted by Gasteiger charge is -2.31. The average molecular weight is 600 g/mol. The van der Waals surface area contributed by atoms with Crippen LogP contribution >= 0.6 is 11.6 Å². The molecule has 0 aliphatic carbocycles. The number of carbonyl (C=O) groups is 1. The van der Waals surface area contributed by atoms with Gasteiger partial charge in [0.1, 0.15) is 18.0 Å². The number of fused-ring (bicyclic) bond motifs is 1. The molecular formula is C33H40ClF2N3O3. The van der Waals surface area contributed by atoms with Crippen LogP contribution in [0.15, 0.2) is 60.7 Å². The van der Waals surface area contributed by atoms with Crippen LogP contribution < -0.4 is 10.1 Å². The summed E-state index contributed by atoms with van der Waals surface area (Å²) in [7, 11) is 2.08. The fourth-order valence-corrected chi connectivity index (χ4v) is 6.10. The minimum atomic E-state index is -3.60. The van der Waals surface area contributed by atoms with E-state index < -0.39 is 30.4 Å². The van der Waals surface area contributed by atoms with Crippen molar-refractivity contribution < 1.29 is 23.4 Å². The molecule has 9 heteroatoms. The molecular weight excluding hydrogens is 560 g/mol. The first-order valence-electron chi connectivity index (χ1n) is 14.9. The number of hydrogen-bond acceptors (Lipinski definition) is 5. The Hall–Kier alpha value is -2.78. The Morgan fingerprint density at radius 3 is 2.48 bits per heavy atom.